The highest BCUT2D eigenvalue weighted by Gasteiger charge is 2.44. The molecule has 4 rings (SSSR count). The molecule has 1 aromatic carbocycles. The number of hydrogen-bond donors (Lipinski definition) is 1. The van der Waals surface area contributed by atoms with Crippen molar-refractivity contribution in [2.45, 2.75) is 115 Å². The second-order valence-corrected chi connectivity index (χ2v) is 13.8. The van der Waals surface area contributed by atoms with Gasteiger partial charge in [0.15, 0.2) is 0 Å². The molecular formula is C33H43F3N4O4. The van der Waals surface area contributed by atoms with Gasteiger partial charge in [-0.15, -0.1) is 0 Å². The fourth-order valence-electron chi connectivity index (χ4n) is 5.71. The SMILES string of the molecule is CC(C)(C)OC(=O)N1CCC[C@@H]1C(=O)N(c1ccc(C(C)(C)C)cc1)C(C(=O)NC1CCC(F)(F)CC1)c1cncc(F)c1. The second kappa shape index (κ2) is 12.8. The van der Waals surface area contributed by atoms with Gasteiger partial charge in [-0.25, -0.2) is 18.0 Å². The number of amides is 3. The first-order chi connectivity index (χ1) is 20.4. The van der Waals surface area contributed by atoms with Gasteiger partial charge >= 0.3 is 6.09 Å². The largest absolute Gasteiger partial charge is 0.444 e. The monoisotopic (exact) mass is 616 g/mol. The van der Waals surface area contributed by atoms with E-state index in [0.717, 1.165) is 17.8 Å². The van der Waals surface area contributed by atoms with Gasteiger partial charge in [0.2, 0.25) is 11.8 Å². The molecule has 3 amide bonds. The molecule has 2 aliphatic rings. The number of benzene rings is 1. The van der Waals surface area contributed by atoms with E-state index in [2.05, 4.69) is 10.3 Å². The number of ether oxygens (including phenoxy) is 1. The highest BCUT2D eigenvalue weighted by molar-refractivity contribution is 6.04. The maximum Gasteiger partial charge on any atom is 0.410 e. The van der Waals surface area contributed by atoms with Gasteiger partial charge in [0.1, 0.15) is 23.5 Å². The molecule has 0 radical (unpaired) electrons. The lowest BCUT2D eigenvalue weighted by atomic mass is 9.87. The quantitative estimate of drug-likeness (QED) is 0.391. The fraction of sp³-hybridized carbons (Fsp3) is 0.576. The van der Waals surface area contributed by atoms with Crippen LogP contribution in [0.2, 0.25) is 0 Å². The third kappa shape index (κ3) is 8.09. The molecule has 0 spiro atoms. The van der Waals surface area contributed by atoms with E-state index >= 15 is 0 Å². The molecule has 1 saturated heterocycles. The van der Waals surface area contributed by atoms with Crippen LogP contribution in [-0.2, 0) is 19.7 Å². The van der Waals surface area contributed by atoms with Crippen molar-refractivity contribution in [3.63, 3.8) is 0 Å². The molecule has 1 unspecified atom stereocenters. The van der Waals surface area contributed by atoms with Gasteiger partial charge < -0.3 is 10.1 Å². The van der Waals surface area contributed by atoms with Crippen LogP contribution >= 0.6 is 0 Å². The number of halogens is 3. The molecule has 2 fully saturated rings. The number of nitrogens with zero attached hydrogens (tertiary/aromatic N) is 3. The maximum absolute atomic E-state index is 14.6. The molecule has 11 heteroatoms. The number of nitrogens with one attached hydrogen (secondary N) is 1. The summed E-state index contributed by atoms with van der Waals surface area (Å²) in [6.07, 6.45) is 1.93. The molecule has 0 bridgehead atoms. The van der Waals surface area contributed by atoms with Crippen LogP contribution in [-0.4, -0.2) is 57.9 Å². The Morgan fingerprint density at radius 2 is 1.66 bits per heavy atom. The molecule has 1 aliphatic carbocycles. The molecule has 2 atom stereocenters. The Balaban J connectivity index is 1.78. The standard InChI is InChI=1S/C33H43F3N4O4/c1-31(2,3)22-9-11-25(12-10-22)40(29(42)26-8-7-17-39(26)30(43)44-32(4,5)6)27(21-18-23(34)20-37-19-21)28(41)38-24-13-15-33(35,36)16-14-24/h9-12,18-20,24,26-27H,7-8,13-17H2,1-6H3,(H,38,41)/t26-,27?/m1/s1. The number of aromatic nitrogens is 1. The van der Waals surface area contributed by atoms with E-state index in [-0.39, 0.29) is 43.2 Å². The zero-order valence-corrected chi connectivity index (χ0v) is 26.3. The predicted octanol–water partition coefficient (Wildman–Crippen LogP) is 6.69. The Labute approximate surface area is 257 Å². The van der Waals surface area contributed by atoms with Crippen LogP contribution in [0.1, 0.15) is 97.2 Å². The summed E-state index contributed by atoms with van der Waals surface area (Å²) in [5.74, 6) is -4.69. The van der Waals surface area contributed by atoms with E-state index in [1.54, 1.807) is 32.9 Å². The van der Waals surface area contributed by atoms with Crippen molar-refractivity contribution in [2.24, 2.45) is 0 Å². The average molecular weight is 617 g/mol. The molecule has 1 aliphatic heterocycles. The van der Waals surface area contributed by atoms with Gasteiger partial charge in [-0.1, -0.05) is 32.9 Å². The number of carbonyl (C=O) groups is 3. The molecular weight excluding hydrogens is 573 g/mol. The fourth-order valence-corrected chi connectivity index (χ4v) is 5.71. The van der Waals surface area contributed by atoms with Crippen molar-refractivity contribution in [3.05, 3.63) is 59.7 Å². The van der Waals surface area contributed by atoms with E-state index in [9.17, 15) is 27.6 Å². The zero-order chi connectivity index (χ0) is 32.4. The van der Waals surface area contributed by atoms with Crippen molar-refractivity contribution in [2.75, 3.05) is 11.4 Å². The topological polar surface area (TPSA) is 91.8 Å². The van der Waals surface area contributed by atoms with Crippen molar-refractivity contribution >= 4 is 23.6 Å². The Kier molecular flexibility index (Phi) is 9.66. The summed E-state index contributed by atoms with van der Waals surface area (Å²) in [5, 5.41) is 2.85. The maximum atomic E-state index is 14.6. The first-order valence-electron chi connectivity index (χ1n) is 15.2. The summed E-state index contributed by atoms with van der Waals surface area (Å²) >= 11 is 0. The highest BCUT2D eigenvalue weighted by Crippen LogP contribution is 2.36. The van der Waals surface area contributed by atoms with Crippen LogP contribution in [0.4, 0.5) is 23.7 Å². The van der Waals surface area contributed by atoms with Crippen molar-refractivity contribution < 1.29 is 32.3 Å². The van der Waals surface area contributed by atoms with Crippen molar-refractivity contribution in [1.82, 2.24) is 15.2 Å². The van der Waals surface area contributed by atoms with E-state index in [1.165, 1.54) is 16.0 Å². The van der Waals surface area contributed by atoms with Crippen LogP contribution in [0.5, 0.6) is 0 Å². The third-order valence-electron chi connectivity index (χ3n) is 8.03. The Morgan fingerprint density at radius 1 is 1.02 bits per heavy atom. The van der Waals surface area contributed by atoms with Gasteiger partial charge in [-0.2, -0.15) is 0 Å². The van der Waals surface area contributed by atoms with Gasteiger partial charge in [-0.05, 0) is 75.6 Å². The number of anilines is 1. The first kappa shape index (κ1) is 33.3. The molecule has 2 heterocycles. The second-order valence-electron chi connectivity index (χ2n) is 13.8. The number of rotatable bonds is 6. The zero-order valence-electron chi connectivity index (χ0n) is 26.3. The number of hydrogen-bond acceptors (Lipinski definition) is 5. The average Bonchev–Trinajstić information content (AvgIpc) is 3.42. The summed E-state index contributed by atoms with van der Waals surface area (Å²) in [6.45, 7) is 11.6. The van der Waals surface area contributed by atoms with E-state index in [4.69, 9.17) is 4.74 Å². The molecule has 1 N–H and O–H groups in total. The lowest BCUT2D eigenvalue weighted by Crippen LogP contribution is -2.54. The summed E-state index contributed by atoms with van der Waals surface area (Å²) in [5.41, 5.74) is 0.472. The molecule has 2 aromatic rings. The first-order valence-corrected chi connectivity index (χ1v) is 15.2. The van der Waals surface area contributed by atoms with Crippen molar-refractivity contribution in [3.8, 4) is 0 Å². The van der Waals surface area contributed by atoms with Gasteiger partial charge in [-0.3, -0.25) is 24.4 Å². The van der Waals surface area contributed by atoms with Gasteiger partial charge in [0, 0.05) is 42.9 Å². The van der Waals surface area contributed by atoms with E-state index < -0.39 is 53.4 Å². The summed E-state index contributed by atoms with van der Waals surface area (Å²) in [4.78, 5) is 48.4. The number of alkyl halides is 2. The number of likely N-dealkylation sites (tertiary alicyclic amines) is 1. The van der Waals surface area contributed by atoms with Crippen LogP contribution in [0.25, 0.3) is 0 Å². The molecule has 44 heavy (non-hydrogen) atoms. The minimum atomic E-state index is -2.79. The Hall–Kier alpha value is -3.63. The molecule has 1 aromatic heterocycles. The smallest absolute Gasteiger partial charge is 0.410 e. The molecule has 1 saturated carbocycles. The summed E-state index contributed by atoms with van der Waals surface area (Å²) < 4.78 is 47.9. The number of carbonyl (C=O) groups excluding carboxylic acids is 3. The minimum absolute atomic E-state index is 0.0656. The Morgan fingerprint density at radius 3 is 2.23 bits per heavy atom. The predicted molar refractivity (Wildman–Crippen MR) is 161 cm³/mol. The van der Waals surface area contributed by atoms with Crippen LogP contribution in [0.3, 0.4) is 0 Å². The van der Waals surface area contributed by atoms with Gasteiger partial charge in [0.25, 0.3) is 5.91 Å². The lowest BCUT2D eigenvalue weighted by molar-refractivity contribution is -0.129. The van der Waals surface area contributed by atoms with Crippen LogP contribution in [0.15, 0.2) is 42.7 Å². The van der Waals surface area contributed by atoms with Crippen molar-refractivity contribution in [1.29, 1.82) is 0 Å². The highest BCUT2D eigenvalue weighted by atomic mass is 19.3. The van der Waals surface area contributed by atoms with E-state index in [1.807, 2.05) is 32.9 Å². The molecule has 8 nitrogen and oxygen atoms in total. The normalized spacial score (nSPS) is 19.8. The van der Waals surface area contributed by atoms with Gasteiger partial charge in [0.05, 0.1) is 6.20 Å². The lowest BCUT2D eigenvalue weighted by Gasteiger charge is -2.37. The van der Waals surface area contributed by atoms with Crippen LogP contribution in [0, 0.1) is 5.82 Å². The summed E-state index contributed by atoms with van der Waals surface area (Å²) in [7, 11) is 0. The number of pyridine rings is 1. The minimum Gasteiger partial charge on any atom is -0.444 e. The van der Waals surface area contributed by atoms with Crippen LogP contribution < -0.4 is 10.2 Å². The third-order valence-corrected chi connectivity index (χ3v) is 8.03. The molecule has 240 valence electrons. The summed E-state index contributed by atoms with van der Waals surface area (Å²) in [6, 6.07) is 5.41. The van der Waals surface area contributed by atoms with E-state index in [0.29, 0.717) is 18.5 Å². The Bertz CT molecular complexity index is 1340.